The molecule has 0 bridgehead atoms. The summed E-state index contributed by atoms with van der Waals surface area (Å²) in [5, 5.41) is 11.4. The molecule has 0 saturated carbocycles. The van der Waals surface area contributed by atoms with Crippen LogP contribution in [0.2, 0.25) is 0 Å². The van der Waals surface area contributed by atoms with E-state index in [-0.39, 0.29) is 17.3 Å². The molecule has 1 aromatic carbocycles. The Morgan fingerprint density at radius 1 is 1.32 bits per heavy atom. The first-order valence-corrected chi connectivity index (χ1v) is 8.81. The number of para-hydroxylation sites is 1. The zero-order valence-corrected chi connectivity index (χ0v) is 14.9. The van der Waals surface area contributed by atoms with Crippen molar-refractivity contribution in [2.75, 3.05) is 6.54 Å². The molecule has 5 heteroatoms. The van der Waals surface area contributed by atoms with Gasteiger partial charge in [0.2, 0.25) is 0 Å². The van der Waals surface area contributed by atoms with Gasteiger partial charge < -0.3 is 15.0 Å². The summed E-state index contributed by atoms with van der Waals surface area (Å²) in [6, 6.07) is 7.26. The summed E-state index contributed by atoms with van der Waals surface area (Å²) in [6.45, 7) is 6.13. The number of fused-ring (bicyclic) bond motifs is 1. The number of rotatable bonds is 6. The highest BCUT2D eigenvalue weighted by Gasteiger charge is 2.44. The molecule has 1 aliphatic heterocycles. The van der Waals surface area contributed by atoms with E-state index in [1.807, 2.05) is 30.5 Å². The van der Waals surface area contributed by atoms with Gasteiger partial charge in [0.05, 0.1) is 11.6 Å². The quantitative estimate of drug-likeness (QED) is 0.838. The van der Waals surface area contributed by atoms with Crippen LogP contribution < -0.4 is 0 Å². The van der Waals surface area contributed by atoms with Crippen LogP contribution in [0.4, 0.5) is 0 Å². The van der Waals surface area contributed by atoms with Gasteiger partial charge in [-0.15, -0.1) is 0 Å². The molecular weight excluding hydrogens is 316 g/mol. The number of aromatic nitrogens is 1. The van der Waals surface area contributed by atoms with E-state index >= 15 is 0 Å². The summed E-state index contributed by atoms with van der Waals surface area (Å²) in [5.74, 6) is -1.32. The lowest BCUT2D eigenvalue weighted by atomic mass is 9.91. The Labute approximate surface area is 147 Å². The largest absolute Gasteiger partial charge is 0.503 e. The van der Waals surface area contributed by atoms with Crippen molar-refractivity contribution >= 4 is 22.6 Å². The molecule has 5 nitrogen and oxygen atoms in total. The van der Waals surface area contributed by atoms with Crippen molar-refractivity contribution in [2.45, 2.75) is 39.7 Å². The summed E-state index contributed by atoms with van der Waals surface area (Å²) < 4.78 is 0. The molecule has 1 aliphatic rings. The molecule has 25 heavy (non-hydrogen) atoms. The van der Waals surface area contributed by atoms with Gasteiger partial charge in [-0.1, -0.05) is 45.4 Å². The Morgan fingerprint density at radius 2 is 2.04 bits per heavy atom. The van der Waals surface area contributed by atoms with Gasteiger partial charge in [0.1, 0.15) is 0 Å². The zero-order chi connectivity index (χ0) is 18.1. The summed E-state index contributed by atoms with van der Waals surface area (Å²) in [6.07, 6.45) is 3.59. The number of hydrogen-bond acceptors (Lipinski definition) is 3. The van der Waals surface area contributed by atoms with Crippen molar-refractivity contribution in [3.05, 3.63) is 47.4 Å². The van der Waals surface area contributed by atoms with E-state index in [1.54, 1.807) is 18.7 Å². The van der Waals surface area contributed by atoms with Gasteiger partial charge >= 0.3 is 0 Å². The van der Waals surface area contributed by atoms with Crippen LogP contribution in [0.5, 0.6) is 0 Å². The minimum absolute atomic E-state index is 0.180. The molecule has 0 spiro atoms. The maximum atomic E-state index is 12.8. The topological polar surface area (TPSA) is 73.4 Å². The molecule has 0 saturated heterocycles. The lowest BCUT2D eigenvalue weighted by Crippen LogP contribution is -2.32. The minimum atomic E-state index is -0.537. The summed E-state index contributed by atoms with van der Waals surface area (Å²) in [7, 11) is 0. The number of H-pyrrole nitrogens is 1. The van der Waals surface area contributed by atoms with E-state index in [9.17, 15) is 14.7 Å². The number of carbonyl (C=O) groups excluding carboxylic acids is 2. The van der Waals surface area contributed by atoms with Crippen molar-refractivity contribution in [3.63, 3.8) is 0 Å². The molecule has 1 atom stereocenters. The molecule has 1 aromatic heterocycles. The lowest BCUT2D eigenvalue weighted by Gasteiger charge is -2.26. The number of nitrogens with one attached hydrogen (secondary N) is 1. The highest BCUT2D eigenvalue weighted by molar-refractivity contribution is 6.10. The van der Waals surface area contributed by atoms with E-state index in [0.717, 1.165) is 29.3 Å². The molecule has 3 rings (SSSR count). The fourth-order valence-corrected chi connectivity index (χ4v) is 3.42. The lowest BCUT2D eigenvalue weighted by molar-refractivity contribution is -0.129. The van der Waals surface area contributed by atoms with Gasteiger partial charge in [0.25, 0.3) is 5.91 Å². The first-order chi connectivity index (χ1) is 12.0. The van der Waals surface area contributed by atoms with Gasteiger partial charge in [-0.2, -0.15) is 0 Å². The van der Waals surface area contributed by atoms with E-state index in [4.69, 9.17) is 0 Å². The van der Waals surface area contributed by atoms with Crippen LogP contribution in [-0.2, 0) is 9.59 Å². The van der Waals surface area contributed by atoms with Crippen molar-refractivity contribution in [1.82, 2.24) is 9.88 Å². The number of nitrogens with zero attached hydrogens (tertiary/aromatic N) is 1. The van der Waals surface area contributed by atoms with Crippen LogP contribution in [0.3, 0.4) is 0 Å². The number of unbranched alkanes of at least 4 members (excludes halogenated alkanes) is 1. The van der Waals surface area contributed by atoms with Gasteiger partial charge in [0.15, 0.2) is 11.5 Å². The van der Waals surface area contributed by atoms with Crippen LogP contribution in [-0.4, -0.2) is 33.2 Å². The number of ketones is 1. The Bertz CT molecular complexity index is 847. The monoisotopic (exact) mass is 340 g/mol. The average Bonchev–Trinajstić information content (AvgIpc) is 3.12. The summed E-state index contributed by atoms with van der Waals surface area (Å²) >= 11 is 0. The van der Waals surface area contributed by atoms with E-state index in [0.29, 0.717) is 6.54 Å². The predicted molar refractivity (Wildman–Crippen MR) is 97.2 cm³/mol. The number of amides is 1. The average molecular weight is 340 g/mol. The number of hydrogen-bond donors (Lipinski definition) is 2. The van der Waals surface area contributed by atoms with Crippen LogP contribution in [0, 0.1) is 5.92 Å². The fourth-order valence-electron chi connectivity index (χ4n) is 3.42. The highest BCUT2D eigenvalue weighted by Crippen LogP contribution is 2.41. The molecule has 1 amide bonds. The Morgan fingerprint density at radius 3 is 2.72 bits per heavy atom. The molecule has 2 aromatic rings. The second kappa shape index (κ2) is 6.75. The third-order valence-electron chi connectivity index (χ3n) is 4.76. The Kier molecular flexibility index (Phi) is 4.66. The van der Waals surface area contributed by atoms with Gasteiger partial charge in [-0.3, -0.25) is 9.59 Å². The van der Waals surface area contributed by atoms with Gasteiger partial charge in [-0.25, -0.2) is 0 Å². The van der Waals surface area contributed by atoms with Crippen LogP contribution in [0.1, 0.15) is 45.2 Å². The number of aliphatic hydroxyl groups is 1. The van der Waals surface area contributed by atoms with Gasteiger partial charge in [0, 0.05) is 35.1 Å². The molecule has 2 N–H and O–H groups in total. The third-order valence-corrected chi connectivity index (χ3v) is 4.76. The van der Waals surface area contributed by atoms with Crippen molar-refractivity contribution < 1.29 is 14.7 Å². The van der Waals surface area contributed by atoms with Gasteiger partial charge in [-0.05, 0) is 12.5 Å². The van der Waals surface area contributed by atoms with Crippen molar-refractivity contribution in [1.29, 1.82) is 0 Å². The molecule has 0 fully saturated rings. The standard InChI is InChI=1S/C20H24N2O3/c1-4-5-10-22-17(14-11-21-15-9-7-6-8-13(14)15)16(18(23)12(2)3)19(24)20(22)25/h6-9,11-12,17,21,24H,4-5,10H2,1-3H3. The Hall–Kier alpha value is -2.56. The predicted octanol–water partition coefficient (Wildman–Crippen LogP) is 3.89. The maximum Gasteiger partial charge on any atom is 0.290 e. The van der Waals surface area contributed by atoms with Crippen LogP contribution in [0.15, 0.2) is 41.8 Å². The fraction of sp³-hybridized carbons (Fsp3) is 0.400. The second-order valence-electron chi connectivity index (χ2n) is 6.83. The first kappa shape index (κ1) is 17.3. The van der Waals surface area contributed by atoms with Crippen molar-refractivity contribution in [3.8, 4) is 0 Å². The zero-order valence-electron chi connectivity index (χ0n) is 14.9. The van der Waals surface area contributed by atoms with E-state index in [2.05, 4.69) is 11.9 Å². The molecule has 0 aliphatic carbocycles. The summed E-state index contributed by atoms with van der Waals surface area (Å²) in [5.41, 5.74) is 2.03. The maximum absolute atomic E-state index is 12.8. The van der Waals surface area contributed by atoms with Crippen LogP contribution >= 0.6 is 0 Å². The minimum Gasteiger partial charge on any atom is -0.503 e. The molecular formula is C20H24N2O3. The molecule has 132 valence electrons. The third kappa shape index (κ3) is 2.84. The molecule has 1 unspecified atom stereocenters. The number of aromatic amines is 1. The number of aliphatic hydroxyl groups excluding tert-OH is 1. The highest BCUT2D eigenvalue weighted by atomic mass is 16.3. The Balaban J connectivity index is 2.15. The molecule has 0 radical (unpaired) electrons. The number of carbonyl (C=O) groups is 2. The van der Waals surface area contributed by atoms with Crippen molar-refractivity contribution in [2.24, 2.45) is 5.92 Å². The molecule has 2 heterocycles. The smallest absolute Gasteiger partial charge is 0.290 e. The van der Waals surface area contributed by atoms with E-state index in [1.165, 1.54) is 0 Å². The second-order valence-corrected chi connectivity index (χ2v) is 6.83. The van der Waals surface area contributed by atoms with E-state index < -0.39 is 17.7 Å². The first-order valence-electron chi connectivity index (χ1n) is 8.81. The number of Topliss-reactive ketones (excluding diaryl/α,β-unsaturated/α-hetero) is 1. The summed E-state index contributed by atoms with van der Waals surface area (Å²) in [4.78, 5) is 30.2. The van der Waals surface area contributed by atoms with Crippen LogP contribution in [0.25, 0.3) is 10.9 Å². The SMILES string of the molecule is CCCCN1C(=O)C(O)=C(C(=O)C(C)C)C1c1c[nH]c2ccccc12. The number of benzene rings is 1. The normalized spacial score (nSPS) is 18.0.